The predicted octanol–water partition coefficient (Wildman–Crippen LogP) is 3.97. The van der Waals surface area contributed by atoms with Crippen LogP contribution in [0.2, 0.25) is 0 Å². The molecule has 2 nitrogen and oxygen atoms in total. The molecule has 0 aromatic carbocycles. The second-order valence-electron chi connectivity index (χ2n) is 6.81. The van der Waals surface area contributed by atoms with Gasteiger partial charge in [-0.1, -0.05) is 26.2 Å². The number of nitrogens with zero attached hydrogens (tertiary/aromatic N) is 2. The molecule has 0 aromatic heterocycles. The fourth-order valence-electron chi connectivity index (χ4n) is 3.81. The summed E-state index contributed by atoms with van der Waals surface area (Å²) in [5.74, 6) is 1.00. The molecule has 0 aromatic rings. The number of hydrogen-bond acceptors (Lipinski definition) is 2. The van der Waals surface area contributed by atoms with Gasteiger partial charge in [0, 0.05) is 6.54 Å². The summed E-state index contributed by atoms with van der Waals surface area (Å²) in [4.78, 5) is 5.36. The minimum Gasteiger partial charge on any atom is -0.303 e. The van der Waals surface area contributed by atoms with Gasteiger partial charge in [0.1, 0.15) is 0 Å². The van der Waals surface area contributed by atoms with E-state index in [-0.39, 0.29) is 0 Å². The molecule has 1 radical (unpaired) electrons. The third-order valence-electron chi connectivity index (χ3n) is 5.19. The summed E-state index contributed by atoms with van der Waals surface area (Å²) in [5, 5.41) is 0. The van der Waals surface area contributed by atoms with Crippen molar-refractivity contribution in [1.82, 2.24) is 9.80 Å². The van der Waals surface area contributed by atoms with Gasteiger partial charge >= 0.3 is 0 Å². The Labute approximate surface area is 126 Å². The van der Waals surface area contributed by atoms with E-state index in [1.165, 1.54) is 97.1 Å². The quantitative estimate of drug-likeness (QED) is 0.620. The normalized spacial score (nSPS) is 22.5. The van der Waals surface area contributed by atoms with E-state index in [9.17, 15) is 0 Å². The molecule has 1 aliphatic carbocycles. The maximum Gasteiger partial charge on any atom is 0.000954 e. The second kappa shape index (κ2) is 9.78. The van der Waals surface area contributed by atoms with Crippen LogP contribution in [0.4, 0.5) is 0 Å². The number of unbranched alkanes of at least 4 members (excludes halogenated alkanes) is 1. The Morgan fingerprint density at radius 1 is 1.05 bits per heavy atom. The highest BCUT2D eigenvalue weighted by molar-refractivity contribution is 4.76. The van der Waals surface area contributed by atoms with Crippen LogP contribution in [-0.4, -0.2) is 49.1 Å². The predicted molar refractivity (Wildman–Crippen MR) is 87.9 cm³/mol. The molecule has 2 fully saturated rings. The van der Waals surface area contributed by atoms with E-state index in [2.05, 4.69) is 23.1 Å². The van der Waals surface area contributed by atoms with E-state index in [4.69, 9.17) is 0 Å². The van der Waals surface area contributed by atoms with Gasteiger partial charge in [0.15, 0.2) is 0 Å². The van der Waals surface area contributed by atoms with Gasteiger partial charge in [-0.3, -0.25) is 0 Å². The first-order valence-electron chi connectivity index (χ1n) is 9.15. The molecule has 20 heavy (non-hydrogen) atoms. The largest absolute Gasteiger partial charge is 0.303 e. The molecule has 0 bridgehead atoms. The van der Waals surface area contributed by atoms with E-state index in [1.807, 2.05) is 0 Å². The molecule has 1 saturated carbocycles. The highest BCUT2D eigenvalue weighted by Gasteiger charge is 2.16. The zero-order chi connectivity index (χ0) is 14.0. The van der Waals surface area contributed by atoms with Crippen LogP contribution < -0.4 is 0 Å². The summed E-state index contributed by atoms with van der Waals surface area (Å²) >= 11 is 0. The first-order chi connectivity index (χ1) is 9.88. The van der Waals surface area contributed by atoms with Crippen molar-refractivity contribution in [2.75, 3.05) is 39.3 Å². The van der Waals surface area contributed by atoms with Crippen molar-refractivity contribution >= 4 is 0 Å². The molecule has 0 atom stereocenters. The summed E-state index contributed by atoms with van der Waals surface area (Å²) in [6.45, 7) is 10.2. The van der Waals surface area contributed by atoms with Gasteiger partial charge in [0.25, 0.3) is 0 Å². The van der Waals surface area contributed by atoms with Crippen molar-refractivity contribution in [1.29, 1.82) is 0 Å². The zero-order valence-electron chi connectivity index (χ0n) is 13.7. The number of likely N-dealkylation sites (tertiary alicyclic amines) is 1. The summed E-state index contributed by atoms with van der Waals surface area (Å²) in [6.07, 6.45) is 15.3. The molecule has 0 N–H and O–H groups in total. The summed E-state index contributed by atoms with van der Waals surface area (Å²) in [5.41, 5.74) is 0. The van der Waals surface area contributed by atoms with Crippen LogP contribution in [0.15, 0.2) is 0 Å². The molecule has 0 spiro atoms. The first kappa shape index (κ1) is 16.3. The minimum atomic E-state index is 1.00. The maximum atomic E-state index is 2.71. The lowest BCUT2D eigenvalue weighted by Crippen LogP contribution is -2.33. The average Bonchev–Trinajstić information content (AvgIpc) is 2.52. The number of hydrogen-bond donors (Lipinski definition) is 0. The highest BCUT2D eigenvalue weighted by atomic mass is 15.1. The highest BCUT2D eigenvalue weighted by Crippen LogP contribution is 2.24. The van der Waals surface area contributed by atoms with E-state index < -0.39 is 0 Å². The minimum absolute atomic E-state index is 1.00. The molecule has 2 aliphatic rings. The average molecular weight is 279 g/mol. The van der Waals surface area contributed by atoms with Crippen molar-refractivity contribution in [2.24, 2.45) is 5.92 Å². The molecule has 0 amide bonds. The molecular weight excluding hydrogens is 244 g/mol. The van der Waals surface area contributed by atoms with Crippen molar-refractivity contribution < 1.29 is 0 Å². The molecule has 2 heteroatoms. The maximum absolute atomic E-state index is 2.71. The smallest absolute Gasteiger partial charge is 0.000954 e. The third kappa shape index (κ3) is 6.13. The molecule has 2 rings (SSSR count). The Morgan fingerprint density at radius 2 is 1.80 bits per heavy atom. The van der Waals surface area contributed by atoms with Crippen LogP contribution in [0.3, 0.4) is 0 Å². The Bertz CT molecular complexity index is 230. The molecular formula is C18H35N2. The second-order valence-corrected chi connectivity index (χ2v) is 6.81. The van der Waals surface area contributed by atoms with Crippen molar-refractivity contribution in [3.8, 4) is 0 Å². The van der Waals surface area contributed by atoms with E-state index >= 15 is 0 Å². The third-order valence-corrected chi connectivity index (χ3v) is 5.19. The lowest BCUT2D eigenvalue weighted by molar-refractivity contribution is 0.197. The summed E-state index contributed by atoms with van der Waals surface area (Å²) in [6, 6.07) is 0. The number of rotatable bonds is 8. The van der Waals surface area contributed by atoms with Gasteiger partial charge < -0.3 is 9.80 Å². The molecule has 1 aliphatic heterocycles. The standard InChI is InChI=1S/C18H35N2/c1-2-19(17-18-11-5-3-6-12-18)13-9-10-16-20-14-7-4-8-15-20/h4,18H,2-3,5-17H2,1H3. The summed E-state index contributed by atoms with van der Waals surface area (Å²) in [7, 11) is 0. The fourth-order valence-corrected chi connectivity index (χ4v) is 3.81. The lowest BCUT2D eigenvalue weighted by atomic mass is 9.89. The van der Waals surface area contributed by atoms with Crippen LogP contribution in [0.1, 0.15) is 64.7 Å². The van der Waals surface area contributed by atoms with Crippen LogP contribution in [0.5, 0.6) is 0 Å². The van der Waals surface area contributed by atoms with Crippen LogP contribution in [0, 0.1) is 12.3 Å². The van der Waals surface area contributed by atoms with Crippen LogP contribution in [0.25, 0.3) is 0 Å². The SMILES string of the molecule is CCN(CCCCN1CC[CH]CC1)CC1CCCCC1. The molecule has 0 unspecified atom stereocenters. The van der Waals surface area contributed by atoms with E-state index in [0.29, 0.717) is 0 Å². The van der Waals surface area contributed by atoms with Gasteiger partial charge in [-0.15, -0.1) is 0 Å². The molecule has 1 heterocycles. The number of piperidine rings is 1. The van der Waals surface area contributed by atoms with E-state index in [1.54, 1.807) is 0 Å². The van der Waals surface area contributed by atoms with Crippen molar-refractivity contribution in [3.63, 3.8) is 0 Å². The van der Waals surface area contributed by atoms with E-state index in [0.717, 1.165) is 5.92 Å². The summed E-state index contributed by atoms with van der Waals surface area (Å²) < 4.78 is 0. The zero-order valence-corrected chi connectivity index (χ0v) is 13.7. The fraction of sp³-hybridized carbons (Fsp3) is 0.944. The Morgan fingerprint density at radius 3 is 2.50 bits per heavy atom. The Balaban J connectivity index is 1.53. The topological polar surface area (TPSA) is 6.48 Å². The Hall–Kier alpha value is -0.0800. The molecule has 117 valence electrons. The van der Waals surface area contributed by atoms with Crippen LogP contribution >= 0.6 is 0 Å². The lowest BCUT2D eigenvalue weighted by Gasteiger charge is -2.29. The van der Waals surface area contributed by atoms with Gasteiger partial charge in [-0.05, 0) is 83.6 Å². The monoisotopic (exact) mass is 279 g/mol. The van der Waals surface area contributed by atoms with Gasteiger partial charge in [-0.25, -0.2) is 0 Å². The van der Waals surface area contributed by atoms with Gasteiger partial charge in [0.05, 0.1) is 0 Å². The van der Waals surface area contributed by atoms with Gasteiger partial charge in [-0.2, -0.15) is 0 Å². The molecule has 1 saturated heterocycles. The van der Waals surface area contributed by atoms with Crippen molar-refractivity contribution in [3.05, 3.63) is 6.42 Å². The Kier molecular flexibility index (Phi) is 7.97. The van der Waals surface area contributed by atoms with Crippen LogP contribution in [-0.2, 0) is 0 Å². The first-order valence-corrected chi connectivity index (χ1v) is 9.15. The van der Waals surface area contributed by atoms with Crippen molar-refractivity contribution in [2.45, 2.75) is 64.7 Å². The van der Waals surface area contributed by atoms with Gasteiger partial charge in [0.2, 0.25) is 0 Å².